The van der Waals surface area contributed by atoms with Gasteiger partial charge in [-0.1, -0.05) is 66.7 Å². The van der Waals surface area contributed by atoms with Gasteiger partial charge in [0, 0.05) is 43.0 Å². The summed E-state index contributed by atoms with van der Waals surface area (Å²) < 4.78 is 24.4. The van der Waals surface area contributed by atoms with Crippen molar-refractivity contribution in [2.75, 3.05) is 13.2 Å². The van der Waals surface area contributed by atoms with E-state index >= 15 is 0 Å². The fourth-order valence-corrected chi connectivity index (χ4v) is 4.12. The van der Waals surface area contributed by atoms with Gasteiger partial charge in [-0.15, -0.1) is 0 Å². The number of hydrogen-bond donors (Lipinski definition) is 1. The van der Waals surface area contributed by atoms with Crippen molar-refractivity contribution in [2.45, 2.75) is 38.7 Å². The largest absolute Gasteiger partial charge is 0.493 e. The summed E-state index contributed by atoms with van der Waals surface area (Å²) in [6.45, 7) is -2.24. The Morgan fingerprint density at radius 3 is 2.36 bits per heavy atom. The number of aliphatic hydroxyl groups excluding tert-OH is 1. The Balaban J connectivity index is 1.57. The van der Waals surface area contributed by atoms with Crippen LogP contribution in [-0.2, 0) is 17.8 Å². The summed E-state index contributed by atoms with van der Waals surface area (Å²) in [4.78, 5) is 30.6. The summed E-state index contributed by atoms with van der Waals surface area (Å²) in [5.74, 6) is -0.263. The second-order valence-corrected chi connectivity index (χ2v) is 9.16. The molecule has 6 nitrogen and oxygen atoms in total. The van der Waals surface area contributed by atoms with Gasteiger partial charge in [0.1, 0.15) is 12.4 Å². The van der Waals surface area contributed by atoms with Gasteiger partial charge in [0.15, 0.2) is 5.78 Å². The predicted octanol–water partition coefficient (Wildman–Crippen LogP) is 6.09. The summed E-state index contributed by atoms with van der Waals surface area (Å²) in [5, 5.41) is 8.86. The molecule has 0 unspecified atom stereocenters. The lowest BCUT2D eigenvalue weighted by Gasteiger charge is -2.24. The van der Waals surface area contributed by atoms with Gasteiger partial charge < -0.3 is 14.7 Å². The quantitative estimate of drug-likeness (QED) is 0.202. The Morgan fingerprint density at radius 2 is 1.62 bits per heavy atom. The second-order valence-electron chi connectivity index (χ2n) is 9.16. The molecule has 0 aliphatic carbocycles. The highest BCUT2D eigenvalue weighted by Gasteiger charge is 2.19. The monoisotopic (exact) mass is 524 g/mol. The van der Waals surface area contributed by atoms with Crippen molar-refractivity contribution in [2.24, 2.45) is 0 Å². The van der Waals surface area contributed by atoms with Crippen molar-refractivity contribution in [1.82, 2.24) is 9.88 Å². The van der Waals surface area contributed by atoms with E-state index in [1.807, 2.05) is 54.6 Å². The molecular weight excluding hydrogens is 488 g/mol. The van der Waals surface area contributed by atoms with Crippen LogP contribution in [0.3, 0.4) is 0 Å². The summed E-state index contributed by atoms with van der Waals surface area (Å²) in [5.41, 5.74) is 3.26. The second kappa shape index (κ2) is 14.6. The Hall–Kier alpha value is -4.29. The third-order valence-electron chi connectivity index (χ3n) is 6.23. The van der Waals surface area contributed by atoms with Gasteiger partial charge in [0.05, 0.1) is 9.35 Å². The number of benzene rings is 3. The number of ketones is 1. The van der Waals surface area contributed by atoms with E-state index in [9.17, 15) is 12.3 Å². The molecule has 4 aromatic rings. The highest BCUT2D eigenvalue weighted by molar-refractivity contribution is 5.94. The molecule has 0 atom stereocenters. The highest BCUT2D eigenvalue weighted by Crippen LogP contribution is 2.24. The van der Waals surface area contributed by atoms with Crippen LogP contribution >= 0.6 is 0 Å². The van der Waals surface area contributed by atoms with Crippen LogP contribution in [0.5, 0.6) is 5.75 Å². The van der Waals surface area contributed by atoms with Crippen LogP contribution in [0, 0.1) is 0 Å². The molecule has 0 aliphatic rings. The molecule has 1 aromatic heterocycles. The number of carbonyl (C=O) groups is 2. The molecule has 0 saturated heterocycles. The van der Waals surface area contributed by atoms with E-state index in [0.717, 1.165) is 23.1 Å². The molecular formula is C33H34N2O4. The van der Waals surface area contributed by atoms with Crippen molar-refractivity contribution < 1.29 is 22.2 Å². The van der Waals surface area contributed by atoms with Crippen LogP contribution in [0.2, 0.25) is 0 Å². The predicted molar refractivity (Wildman–Crippen MR) is 152 cm³/mol. The SMILES string of the molecule is [2H]C([2H])(c1ccccc1OCCCCCC(=O)CO)N(Cc1ccccc1)C(=O)c1ccc(-c2cccnc2)cc1. The van der Waals surface area contributed by atoms with Gasteiger partial charge >= 0.3 is 0 Å². The summed E-state index contributed by atoms with van der Waals surface area (Å²) >= 11 is 0. The number of aliphatic hydroxyl groups is 1. The Morgan fingerprint density at radius 1 is 0.846 bits per heavy atom. The number of carbonyl (C=O) groups excluding carboxylic acids is 2. The molecule has 6 heteroatoms. The van der Waals surface area contributed by atoms with Gasteiger partial charge in [-0.05, 0) is 60.2 Å². The number of amides is 1. The van der Waals surface area contributed by atoms with Crippen LogP contribution in [0.4, 0.5) is 0 Å². The molecule has 200 valence electrons. The van der Waals surface area contributed by atoms with Crippen LogP contribution < -0.4 is 4.74 Å². The highest BCUT2D eigenvalue weighted by atomic mass is 16.5. The standard InChI is InChI=1S/C33H34N2O4/c36-25-31(37)14-5-2-8-21-39-32-15-7-6-12-30(32)24-35(23-26-10-3-1-4-11-26)33(38)28-18-16-27(17-19-28)29-13-9-20-34-22-29/h1,3-4,6-7,9-13,15-20,22,36H,2,5,8,14,21,23-25H2/i24D2. The van der Waals surface area contributed by atoms with Crippen LogP contribution in [0.1, 0.15) is 49.9 Å². The lowest BCUT2D eigenvalue weighted by Crippen LogP contribution is -2.30. The number of Topliss-reactive ketones (excluding diaryl/α,β-unsaturated/α-hetero) is 1. The molecule has 0 aliphatic heterocycles. The first-order chi connectivity index (χ1) is 19.9. The average molecular weight is 525 g/mol. The van der Waals surface area contributed by atoms with Crippen molar-refractivity contribution in [3.8, 4) is 16.9 Å². The van der Waals surface area contributed by atoms with Crippen molar-refractivity contribution in [1.29, 1.82) is 0 Å². The Bertz CT molecular complexity index is 1410. The normalized spacial score (nSPS) is 11.8. The molecule has 39 heavy (non-hydrogen) atoms. The Labute approximate surface area is 232 Å². The summed E-state index contributed by atoms with van der Waals surface area (Å²) in [7, 11) is 0. The first kappa shape index (κ1) is 25.0. The number of ether oxygens (including phenoxy) is 1. The first-order valence-corrected chi connectivity index (χ1v) is 13.1. The average Bonchev–Trinajstić information content (AvgIpc) is 3.02. The van der Waals surface area contributed by atoms with Crippen molar-refractivity contribution >= 4 is 11.7 Å². The minimum absolute atomic E-state index is 0.0598. The number of para-hydroxylation sites is 1. The van der Waals surface area contributed by atoms with Crippen LogP contribution in [0.25, 0.3) is 11.1 Å². The maximum absolute atomic E-state index is 13.9. The molecule has 1 N–H and O–H groups in total. The smallest absolute Gasteiger partial charge is 0.254 e. The number of hydrogen-bond acceptors (Lipinski definition) is 5. The van der Waals surface area contributed by atoms with Gasteiger partial charge in [0.2, 0.25) is 0 Å². The van der Waals surface area contributed by atoms with Gasteiger partial charge in [-0.2, -0.15) is 0 Å². The lowest BCUT2D eigenvalue weighted by atomic mass is 10.0. The lowest BCUT2D eigenvalue weighted by molar-refractivity contribution is -0.121. The molecule has 4 rings (SSSR count). The molecule has 0 saturated carbocycles. The molecule has 0 spiro atoms. The zero-order valence-electron chi connectivity index (χ0n) is 23.8. The molecule has 0 fully saturated rings. The number of nitrogens with zero attached hydrogens (tertiary/aromatic N) is 2. The van der Waals surface area contributed by atoms with E-state index in [0.29, 0.717) is 37.2 Å². The zero-order chi connectivity index (χ0) is 29.1. The van der Waals surface area contributed by atoms with Gasteiger partial charge in [0.25, 0.3) is 5.91 Å². The first-order valence-electron chi connectivity index (χ1n) is 14.1. The zero-order valence-corrected chi connectivity index (χ0v) is 21.8. The van der Waals surface area contributed by atoms with E-state index in [4.69, 9.17) is 9.84 Å². The van der Waals surface area contributed by atoms with Gasteiger partial charge in [-0.3, -0.25) is 14.6 Å². The summed E-state index contributed by atoms with van der Waals surface area (Å²) in [6.07, 6.45) is 5.86. The maximum Gasteiger partial charge on any atom is 0.254 e. The molecule has 0 radical (unpaired) electrons. The third-order valence-corrected chi connectivity index (χ3v) is 6.23. The molecule has 3 aromatic carbocycles. The molecule has 1 heterocycles. The Kier molecular flexibility index (Phi) is 9.36. The third kappa shape index (κ3) is 8.35. The van der Waals surface area contributed by atoms with E-state index in [2.05, 4.69) is 4.98 Å². The van der Waals surface area contributed by atoms with E-state index in [1.165, 1.54) is 4.90 Å². The topological polar surface area (TPSA) is 79.7 Å². The van der Waals surface area contributed by atoms with Crippen molar-refractivity contribution in [3.05, 3.63) is 120 Å². The van der Waals surface area contributed by atoms with Crippen LogP contribution in [0.15, 0.2) is 103 Å². The fourth-order valence-electron chi connectivity index (χ4n) is 4.12. The van der Waals surface area contributed by atoms with E-state index < -0.39 is 19.0 Å². The number of pyridine rings is 1. The number of unbranched alkanes of at least 4 members (excludes halogenated alkanes) is 2. The summed E-state index contributed by atoms with van der Waals surface area (Å²) in [6, 6.07) is 27.1. The maximum atomic E-state index is 13.9. The molecule has 1 amide bonds. The molecule has 0 bridgehead atoms. The number of aromatic nitrogens is 1. The van der Waals surface area contributed by atoms with E-state index in [1.54, 1.807) is 48.8 Å². The van der Waals surface area contributed by atoms with Gasteiger partial charge in [-0.25, -0.2) is 0 Å². The fraction of sp³-hybridized carbons (Fsp3) is 0.242. The minimum Gasteiger partial charge on any atom is -0.493 e. The van der Waals surface area contributed by atoms with Crippen LogP contribution in [-0.4, -0.2) is 39.9 Å². The number of rotatable bonds is 14. The van der Waals surface area contributed by atoms with E-state index in [-0.39, 0.29) is 17.9 Å². The van der Waals surface area contributed by atoms with Crippen molar-refractivity contribution in [3.63, 3.8) is 0 Å². The minimum atomic E-state index is -2.20.